The number of carbonyl (C=O) groups excluding carboxylic acids is 1. The van der Waals surface area contributed by atoms with Crippen molar-refractivity contribution in [2.24, 2.45) is 5.92 Å². The summed E-state index contributed by atoms with van der Waals surface area (Å²) >= 11 is 0. The number of amides is 1. The molecule has 1 saturated carbocycles. The second-order valence-corrected chi connectivity index (χ2v) is 9.09. The molecule has 1 aliphatic heterocycles. The van der Waals surface area contributed by atoms with Crippen LogP contribution in [0.5, 0.6) is 11.5 Å². The molecule has 166 valence electrons. The molecule has 2 aromatic rings. The van der Waals surface area contributed by atoms with Crippen LogP contribution in [0.25, 0.3) is 0 Å². The Balaban J connectivity index is 1.62. The van der Waals surface area contributed by atoms with Gasteiger partial charge in [0, 0.05) is 18.0 Å². The van der Waals surface area contributed by atoms with Crippen molar-refractivity contribution in [3.63, 3.8) is 0 Å². The first-order valence-electron chi connectivity index (χ1n) is 11.3. The largest absolute Gasteiger partial charge is 0.496 e. The molecule has 2 aliphatic rings. The van der Waals surface area contributed by atoms with E-state index < -0.39 is 5.60 Å². The van der Waals surface area contributed by atoms with Crippen LogP contribution in [0, 0.1) is 19.8 Å². The first-order valence-corrected chi connectivity index (χ1v) is 11.3. The zero-order chi connectivity index (χ0) is 22.0. The number of methoxy groups -OCH3 is 1. The maximum absolute atomic E-state index is 13.4. The molecule has 0 aromatic heterocycles. The van der Waals surface area contributed by atoms with Gasteiger partial charge in [-0.1, -0.05) is 37.1 Å². The van der Waals surface area contributed by atoms with Crippen LogP contribution in [0.15, 0.2) is 42.5 Å². The summed E-state index contributed by atoms with van der Waals surface area (Å²) in [6, 6.07) is 13.6. The predicted octanol–water partition coefficient (Wildman–Crippen LogP) is 4.59. The molecule has 0 radical (unpaired) electrons. The molecular weight excluding hydrogens is 390 g/mol. The highest BCUT2D eigenvalue weighted by Gasteiger charge is 2.50. The minimum atomic E-state index is -0.727. The van der Waals surface area contributed by atoms with Gasteiger partial charge in [-0.25, -0.2) is 0 Å². The van der Waals surface area contributed by atoms with E-state index in [0.717, 1.165) is 48.1 Å². The predicted molar refractivity (Wildman–Crippen MR) is 120 cm³/mol. The molecule has 1 amide bonds. The third-order valence-electron chi connectivity index (χ3n) is 6.90. The topological polar surface area (TPSA) is 59.0 Å². The van der Waals surface area contributed by atoms with Crippen molar-refractivity contribution in [3.8, 4) is 11.5 Å². The quantitative estimate of drug-likeness (QED) is 0.764. The molecular formula is C26H33NO4. The number of aliphatic hydroxyl groups is 1. The number of nitrogens with zero attached hydrogens (tertiary/aromatic N) is 1. The number of piperidine rings is 1. The standard InChI is InChI=1S/C26H33NO4/c1-18-14-19(2)16-20(15-18)31-17-24(28)27-13-12-26(29)11-7-6-9-22(26)25(27)21-8-4-5-10-23(21)30-3/h4-5,8,10,14-16,22,25,29H,6-7,9,11-13,17H2,1-3H3. The van der Waals surface area contributed by atoms with Crippen molar-refractivity contribution >= 4 is 5.91 Å². The van der Waals surface area contributed by atoms with Crippen molar-refractivity contribution in [1.82, 2.24) is 4.90 Å². The molecule has 3 atom stereocenters. The molecule has 4 rings (SSSR count). The van der Waals surface area contributed by atoms with E-state index in [1.54, 1.807) is 7.11 Å². The lowest BCUT2D eigenvalue weighted by Crippen LogP contribution is -2.57. The van der Waals surface area contributed by atoms with Gasteiger partial charge in [-0.3, -0.25) is 4.79 Å². The van der Waals surface area contributed by atoms with Crippen LogP contribution in [0.4, 0.5) is 0 Å². The molecule has 2 aromatic carbocycles. The zero-order valence-electron chi connectivity index (χ0n) is 18.8. The summed E-state index contributed by atoms with van der Waals surface area (Å²) in [6.07, 6.45) is 4.42. The van der Waals surface area contributed by atoms with Crippen molar-refractivity contribution < 1.29 is 19.4 Å². The fourth-order valence-electron chi connectivity index (χ4n) is 5.50. The lowest BCUT2D eigenvalue weighted by Gasteiger charge is -2.52. The number of fused-ring (bicyclic) bond motifs is 1. The Bertz CT molecular complexity index is 923. The monoisotopic (exact) mass is 423 g/mol. The molecule has 1 aliphatic carbocycles. The number of carbonyl (C=O) groups is 1. The van der Waals surface area contributed by atoms with E-state index >= 15 is 0 Å². The number of benzene rings is 2. The van der Waals surface area contributed by atoms with E-state index in [9.17, 15) is 9.90 Å². The van der Waals surface area contributed by atoms with Gasteiger partial charge in [-0.2, -0.15) is 0 Å². The molecule has 2 fully saturated rings. The SMILES string of the molecule is COc1ccccc1C1C2CCCCC2(O)CCN1C(=O)COc1cc(C)cc(C)c1. The van der Waals surface area contributed by atoms with Gasteiger partial charge < -0.3 is 19.5 Å². The van der Waals surface area contributed by atoms with Crippen molar-refractivity contribution in [2.75, 3.05) is 20.3 Å². The van der Waals surface area contributed by atoms with Crippen LogP contribution in [-0.4, -0.2) is 41.8 Å². The number of likely N-dealkylation sites (tertiary alicyclic amines) is 1. The van der Waals surface area contributed by atoms with Crippen LogP contribution >= 0.6 is 0 Å². The van der Waals surface area contributed by atoms with Crippen molar-refractivity contribution in [2.45, 2.75) is 57.6 Å². The molecule has 1 heterocycles. The normalized spacial score (nSPS) is 25.6. The number of ether oxygens (including phenoxy) is 2. The molecule has 1 N–H and O–H groups in total. The van der Waals surface area contributed by atoms with E-state index in [-0.39, 0.29) is 24.5 Å². The van der Waals surface area contributed by atoms with Gasteiger partial charge >= 0.3 is 0 Å². The Kier molecular flexibility index (Phi) is 6.24. The Morgan fingerprint density at radius 1 is 1.13 bits per heavy atom. The number of para-hydroxylation sites is 1. The van der Waals surface area contributed by atoms with Crippen molar-refractivity contribution in [1.29, 1.82) is 0 Å². The number of aryl methyl sites for hydroxylation is 2. The summed E-state index contributed by atoms with van der Waals surface area (Å²) in [6.45, 7) is 4.55. The molecule has 3 unspecified atom stereocenters. The highest BCUT2D eigenvalue weighted by Crippen LogP contribution is 2.50. The van der Waals surface area contributed by atoms with E-state index in [1.807, 2.05) is 55.1 Å². The van der Waals surface area contributed by atoms with E-state index in [1.165, 1.54) is 0 Å². The molecule has 1 saturated heterocycles. The van der Waals surface area contributed by atoms with Crippen LogP contribution in [0.2, 0.25) is 0 Å². The first-order chi connectivity index (χ1) is 14.9. The Hall–Kier alpha value is -2.53. The summed E-state index contributed by atoms with van der Waals surface area (Å²) in [5, 5.41) is 11.4. The minimum absolute atomic E-state index is 0.00327. The third kappa shape index (κ3) is 4.42. The number of hydrogen-bond acceptors (Lipinski definition) is 4. The molecule has 5 nitrogen and oxygen atoms in total. The van der Waals surface area contributed by atoms with Crippen LogP contribution < -0.4 is 9.47 Å². The maximum Gasteiger partial charge on any atom is 0.261 e. The third-order valence-corrected chi connectivity index (χ3v) is 6.90. The molecule has 5 heteroatoms. The summed E-state index contributed by atoms with van der Waals surface area (Å²) in [5.74, 6) is 1.42. The summed E-state index contributed by atoms with van der Waals surface area (Å²) < 4.78 is 11.5. The van der Waals surface area contributed by atoms with Gasteiger partial charge in [0.05, 0.1) is 18.8 Å². The maximum atomic E-state index is 13.4. The first kappa shape index (κ1) is 21.7. The van der Waals surface area contributed by atoms with Crippen LogP contribution in [0.3, 0.4) is 0 Å². The zero-order valence-corrected chi connectivity index (χ0v) is 18.8. The van der Waals surface area contributed by atoms with Gasteiger partial charge in [0.15, 0.2) is 6.61 Å². The molecule has 0 bridgehead atoms. The van der Waals surface area contributed by atoms with Gasteiger partial charge in [0.1, 0.15) is 11.5 Å². The summed E-state index contributed by atoms with van der Waals surface area (Å²) in [4.78, 5) is 15.3. The summed E-state index contributed by atoms with van der Waals surface area (Å²) in [7, 11) is 1.66. The van der Waals surface area contributed by atoms with Crippen molar-refractivity contribution in [3.05, 3.63) is 59.2 Å². The second-order valence-electron chi connectivity index (χ2n) is 9.09. The van der Waals surface area contributed by atoms with E-state index in [4.69, 9.17) is 9.47 Å². The highest BCUT2D eigenvalue weighted by atomic mass is 16.5. The summed E-state index contributed by atoms with van der Waals surface area (Å²) in [5.41, 5.74) is 2.46. The fraction of sp³-hybridized carbons (Fsp3) is 0.500. The van der Waals surface area contributed by atoms with Crippen LogP contribution in [-0.2, 0) is 4.79 Å². The van der Waals surface area contributed by atoms with E-state index in [0.29, 0.717) is 18.7 Å². The smallest absolute Gasteiger partial charge is 0.261 e. The fourth-order valence-corrected chi connectivity index (χ4v) is 5.50. The van der Waals surface area contributed by atoms with E-state index in [2.05, 4.69) is 6.07 Å². The Morgan fingerprint density at radius 2 is 1.87 bits per heavy atom. The van der Waals surface area contributed by atoms with Gasteiger partial charge in [0.2, 0.25) is 0 Å². The average molecular weight is 424 g/mol. The second kappa shape index (κ2) is 8.91. The lowest BCUT2D eigenvalue weighted by atomic mass is 9.66. The van der Waals surface area contributed by atoms with Gasteiger partial charge in [-0.05, 0) is 62.4 Å². The van der Waals surface area contributed by atoms with Gasteiger partial charge in [-0.15, -0.1) is 0 Å². The number of hydrogen-bond donors (Lipinski definition) is 1. The van der Waals surface area contributed by atoms with Gasteiger partial charge in [0.25, 0.3) is 5.91 Å². The number of rotatable bonds is 5. The molecule has 0 spiro atoms. The molecule has 31 heavy (non-hydrogen) atoms. The van der Waals surface area contributed by atoms with Crippen LogP contribution in [0.1, 0.15) is 54.8 Å². The minimum Gasteiger partial charge on any atom is -0.496 e. The average Bonchev–Trinajstić information content (AvgIpc) is 2.75. The Labute approximate surface area is 185 Å². The highest BCUT2D eigenvalue weighted by molar-refractivity contribution is 5.78. The lowest BCUT2D eigenvalue weighted by molar-refractivity contribution is -0.157. The Morgan fingerprint density at radius 3 is 2.61 bits per heavy atom.